The lowest BCUT2D eigenvalue weighted by Gasteiger charge is -2.33. The zero-order valence-corrected chi connectivity index (χ0v) is 10.4. The highest BCUT2D eigenvalue weighted by Gasteiger charge is 2.38. The minimum absolute atomic E-state index is 0.0823. The number of rotatable bonds is 2. The summed E-state index contributed by atoms with van der Waals surface area (Å²) in [5, 5.41) is 11.2. The van der Waals surface area contributed by atoms with Crippen molar-refractivity contribution < 1.29 is 4.92 Å². The number of hydrogen-bond donors (Lipinski definition) is 0. The fourth-order valence-corrected chi connectivity index (χ4v) is 3.05. The Morgan fingerprint density at radius 2 is 1.63 bits per heavy atom. The van der Waals surface area contributed by atoms with Gasteiger partial charge in [0.25, 0.3) is 0 Å². The molecule has 0 fully saturated rings. The van der Waals surface area contributed by atoms with Crippen LogP contribution in [0.25, 0.3) is 0 Å². The molecule has 19 heavy (non-hydrogen) atoms. The van der Waals surface area contributed by atoms with Crippen LogP contribution in [0.2, 0.25) is 0 Å². The molecule has 0 spiro atoms. The van der Waals surface area contributed by atoms with Crippen LogP contribution in [-0.2, 0) is 0 Å². The van der Waals surface area contributed by atoms with Crippen LogP contribution in [0.5, 0.6) is 0 Å². The highest BCUT2D eigenvalue weighted by molar-refractivity contribution is 5.40. The smallest absolute Gasteiger partial charge is 0.238 e. The molecular formula is C16H15NO2. The van der Waals surface area contributed by atoms with E-state index in [9.17, 15) is 10.1 Å². The minimum Gasteiger partial charge on any atom is -0.264 e. The maximum atomic E-state index is 11.2. The molecule has 3 aliphatic rings. The number of allylic oxidation sites excluding steroid dienone is 10. The van der Waals surface area contributed by atoms with E-state index in [2.05, 4.69) is 24.3 Å². The van der Waals surface area contributed by atoms with Gasteiger partial charge in [0, 0.05) is 16.8 Å². The van der Waals surface area contributed by atoms with Gasteiger partial charge in [-0.25, -0.2) is 0 Å². The van der Waals surface area contributed by atoms with Crippen molar-refractivity contribution in [2.45, 2.75) is 6.04 Å². The summed E-state index contributed by atoms with van der Waals surface area (Å²) in [5.41, 5.74) is 1.24. The predicted molar refractivity (Wildman–Crippen MR) is 75.0 cm³/mol. The summed E-state index contributed by atoms with van der Waals surface area (Å²) >= 11 is 0. The third-order valence-electron chi connectivity index (χ3n) is 3.97. The van der Waals surface area contributed by atoms with Crippen molar-refractivity contribution in [2.75, 3.05) is 0 Å². The molecule has 0 N–H and O–H groups in total. The van der Waals surface area contributed by atoms with E-state index < -0.39 is 6.04 Å². The van der Waals surface area contributed by atoms with Crippen LogP contribution < -0.4 is 0 Å². The van der Waals surface area contributed by atoms with E-state index in [1.165, 1.54) is 5.57 Å². The molecule has 3 aliphatic carbocycles. The van der Waals surface area contributed by atoms with Crippen molar-refractivity contribution in [3.05, 3.63) is 82.5 Å². The highest BCUT2D eigenvalue weighted by Crippen LogP contribution is 2.38. The van der Waals surface area contributed by atoms with Crippen molar-refractivity contribution in [3.63, 3.8) is 0 Å². The third-order valence-corrected chi connectivity index (χ3v) is 3.97. The Hall–Kier alpha value is -2.16. The minimum atomic E-state index is -0.627. The van der Waals surface area contributed by atoms with Gasteiger partial charge in [0.05, 0.1) is 5.92 Å². The van der Waals surface area contributed by atoms with Crippen LogP contribution >= 0.6 is 0 Å². The van der Waals surface area contributed by atoms with Crippen molar-refractivity contribution in [1.29, 1.82) is 0 Å². The van der Waals surface area contributed by atoms with E-state index >= 15 is 0 Å². The lowest BCUT2D eigenvalue weighted by Crippen LogP contribution is -2.36. The average Bonchev–Trinajstić information content (AvgIpc) is 2.46. The van der Waals surface area contributed by atoms with Crippen molar-refractivity contribution >= 4 is 0 Å². The molecule has 0 aromatic rings. The molecule has 4 unspecified atom stereocenters. The molecular weight excluding hydrogens is 238 g/mol. The standard InChI is InChI=1S/C16H15NO2/c18-17(19)16-11-4-3-9-15(16)14-10-5-7-12-6-1-2-8-13(12)14/h1-11,13-16H. The van der Waals surface area contributed by atoms with Crippen molar-refractivity contribution in [2.24, 2.45) is 17.8 Å². The van der Waals surface area contributed by atoms with Crippen LogP contribution in [0.1, 0.15) is 0 Å². The van der Waals surface area contributed by atoms with Gasteiger partial charge in [-0.05, 0) is 11.6 Å². The molecule has 96 valence electrons. The molecule has 4 atom stereocenters. The monoisotopic (exact) mass is 253 g/mol. The Morgan fingerprint density at radius 1 is 0.895 bits per heavy atom. The van der Waals surface area contributed by atoms with E-state index in [4.69, 9.17) is 0 Å². The first-order valence-corrected chi connectivity index (χ1v) is 6.49. The summed E-state index contributed by atoms with van der Waals surface area (Å²) in [5.74, 6) is 0.317. The van der Waals surface area contributed by atoms with Crippen LogP contribution in [0.3, 0.4) is 0 Å². The largest absolute Gasteiger partial charge is 0.264 e. The van der Waals surface area contributed by atoms with Gasteiger partial charge in [-0.2, -0.15) is 0 Å². The van der Waals surface area contributed by atoms with Gasteiger partial charge in [0.2, 0.25) is 6.04 Å². The fourth-order valence-electron chi connectivity index (χ4n) is 3.05. The van der Waals surface area contributed by atoms with Gasteiger partial charge in [-0.1, -0.05) is 60.8 Å². The molecule has 3 rings (SSSR count). The molecule has 0 amide bonds. The number of nitrogens with zero attached hydrogens (tertiary/aromatic N) is 1. The van der Waals surface area contributed by atoms with Crippen LogP contribution in [0, 0.1) is 27.9 Å². The highest BCUT2D eigenvalue weighted by atomic mass is 16.6. The van der Waals surface area contributed by atoms with E-state index in [-0.39, 0.29) is 22.7 Å². The lowest BCUT2D eigenvalue weighted by molar-refractivity contribution is -0.518. The summed E-state index contributed by atoms with van der Waals surface area (Å²) < 4.78 is 0. The topological polar surface area (TPSA) is 43.1 Å². The number of nitro groups is 1. The Balaban J connectivity index is 1.91. The molecule has 3 nitrogen and oxygen atoms in total. The van der Waals surface area contributed by atoms with Crippen LogP contribution in [-0.4, -0.2) is 11.0 Å². The van der Waals surface area contributed by atoms with Gasteiger partial charge >= 0.3 is 0 Å². The molecule has 0 saturated heterocycles. The van der Waals surface area contributed by atoms with E-state index in [1.807, 2.05) is 30.4 Å². The summed E-state index contributed by atoms with van der Waals surface area (Å²) in [6, 6.07) is -0.627. The average molecular weight is 253 g/mol. The van der Waals surface area contributed by atoms with Crippen molar-refractivity contribution in [1.82, 2.24) is 0 Å². The van der Waals surface area contributed by atoms with Gasteiger partial charge < -0.3 is 0 Å². The quantitative estimate of drug-likeness (QED) is 0.560. The van der Waals surface area contributed by atoms with E-state index in [0.29, 0.717) is 0 Å². The number of hydrogen-bond acceptors (Lipinski definition) is 2. The zero-order chi connectivity index (χ0) is 13.2. The van der Waals surface area contributed by atoms with Crippen LogP contribution in [0.15, 0.2) is 72.4 Å². The molecule has 0 heterocycles. The maximum absolute atomic E-state index is 11.2. The second kappa shape index (κ2) is 4.84. The normalized spacial score (nSPS) is 35.1. The molecule has 3 heteroatoms. The summed E-state index contributed by atoms with van der Waals surface area (Å²) in [6.07, 6.45) is 21.8. The SMILES string of the molecule is O=[N+]([O-])C1C=CC=CC1C1C=CC=C2C=CC=CC21. The summed E-state index contributed by atoms with van der Waals surface area (Å²) in [6.45, 7) is 0. The second-order valence-corrected chi connectivity index (χ2v) is 5.02. The summed E-state index contributed by atoms with van der Waals surface area (Å²) in [4.78, 5) is 11.0. The zero-order valence-electron chi connectivity index (χ0n) is 10.4. The molecule has 0 radical (unpaired) electrons. The Kier molecular flexibility index (Phi) is 3.03. The maximum Gasteiger partial charge on any atom is 0.238 e. The Morgan fingerprint density at radius 3 is 2.47 bits per heavy atom. The summed E-state index contributed by atoms with van der Waals surface area (Å²) in [7, 11) is 0. The first-order valence-electron chi connectivity index (χ1n) is 6.49. The van der Waals surface area contributed by atoms with Gasteiger partial charge in [0.1, 0.15) is 0 Å². The van der Waals surface area contributed by atoms with Crippen LogP contribution in [0.4, 0.5) is 0 Å². The number of fused-ring (bicyclic) bond motifs is 1. The van der Waals surface area contributed by atoms with Gasteiger partial charge in [-0.15, -0.1) is 0 Å². The molecule has 0 aliphatic heterocycles. The Bertz CT molecular complexity index is 563. The Labute approximate surface area is 112 Å². The predicted octanol–water partition coefficient (Wildman–Crippen LogP) is 3.23. The van der Waals surface area contributed by atoms with Gasteiger partial charge in [0.15, 0.2) is 0 Å². The van der Waals surface area contributed by atoms with E-state index in [1.54, 1.807) is 12.2 Å². The molecule has 0 saturated carbocycles. The third kappa shape index (κ3) is 2.12. The fraction of sp³-hybridized carbons (Fsp3) is 0.250. The van der Waals surface area contributed by atoms with E-state index in [0.717, 1.165) is 0 Å². The first-order chi connectivity index (χ1) is 9.27. The molecule has 0 aromatic carbocycles. The first kappa shape index (κ1) is 11.9. The molecule has 0 bridgehead atoms. The van der Waals surface area contributed by atoms with Crippen molar-refractivity contribution in [3.8, 4) is 0 Å². The second-order valence-electron chi connectivity index (χ2n) is 5.02. The molecule has 0 aromatic heterocycles. The van der Waals surface area contributed by atoms with Gasteiger partial charge in [-0.3, -0.25) is 10.1 Å². The lowest BCUT2D eigenvalue weighted by atomic mass is 9.70.